The highest BCUT2D eigenvalue weighted by molar-refractivity contribution is 5.97. The van der Waals surface area contributed by atoms with Gasteiger partial charge in [-0.05, 0) is 63.1 Å². The summed E-state index contributed by atoms with van der Waals surface area (Å²) < 4.78 is 25.1. The number of carbonyl (C=O) groups excluding carboxylic acids is 1. The summed E-state index contributed by atoms with van der Waals surface area (Å²) in [5.74, 6) is 6.35. The molecule has 1 saturated heterocycles. The number of likely N-dealkylation sites (N-methyl/N-ethyl adjacent to an activating group) is 1. The number of aliphatic hydroxyl groups is 1. The van der Waals surface area contributed by atoms with Crippen molar-refractivity contribution in [3.8, 4) is 17.7 Å². The molecule has 198 valence electrons. The van der Waals surface area contributed by atoms with Gasteiger partial charge >= 0.3 is 0 Å². The molecule has 1 N–H and O–H groups in total. The molecule has 0 radical (unpaired) electrons. The van der Waals surface area contributed by atoms with E-state index in [2.05, 4.69) is 35.7 Å². The Labute approximate surface area is 218 Å². The molecule has 37 heavy (non-hydrogen) atoms. The number of fused-ring (bicyclic) bond motifs is 1. The van der Waals surface area contributed by atoms with E-state index in [-0.39, 0.29) is 42.3 Å². The van der Waals surface area contributed by atoms with E-state index >= 15 is 0 Å². The Bertz CT molecular complexity index is 1120. The Morgan fingerprint density at radius 1 is 1.19 bits per heavy atom. The number of hydrogen-bond donors (Lipinski definition) is 1. The number of ether oxygens (including phenoxy) is 2. The van der Waals surface area contributed by atoms with Crippen LogP contribution in [0.3, 0.4) is 0 Å². The summed E-state index contributed by atoms with van der Waals surface area (Å²) in [5, 5.41) is 9.87. The van der Waals surface area contributed by atoms with Crippen molar-refractivity contribution >= 4 is 5.91 Å². The van der Waals surface area contributed by atoms with Crippen LogP contribution in [0.1, 0.15) is 48.2 Å². The number of nitrogens with zero attached hydrogens (tertiary/aromatic N) is 3. The molecular weight excluding hydrogens is 473 g/mol. The van der Waals surface area contributed by atoms with Crippen LogP contribution in [0.15, 0.2) is 36.5 Å². The van der Waals surface area contributed by atoms with E-state index in [0.717, 1.165) is 32.6 Å². The monoisotopic (exact) mass is 509 g/mol. The molecule has 4 rings (SSSR count). The molecule has 1 aromatic heterocycles. The molecule has 2 aliphatic heterocycles. The highest BCUT2D eigenvalue weighted by Gasteiger charge is 2.34. The normalized spacial score (nSPS) is 21.4. The van der Waals surface area contributed by atoms with Crippen molar-refractivity contribution in [3.63, 3.8) is 0 Å². The highest BCUT2D eigenvalue weighted by atomic mass is 19.1. The van der Waals surface area contributed by atoms with Crippen LogP contribution in [0.25, 0.3) is 0 Å². The number of halogens is 1. The number of hydrogen-bond acceptors (Lipinski definition) is 6. The Morgan fingerprint density at radius 3 is 2.59 bits per heavy atom. The minimum Gasteiger partial charge on any atom is -0.472 e. The van der Waals surface area contributed by atoms with Crippen LogP contribution in [0, 0.1) is 29.5 Å². The fraction of sp³-hybridized carbons (Fsp3) is 0.517. The van der Waals surface area contributed by atoms with Crippen molar-refractivity contribution in [2.24, 2.45) is 11.8 Å². The molecule has 3 atom stereocenters. The van der Waals surface area contributed by atoms with Crippen LogP contribution in [0.5, 0.6) is 5.88 Å². The smallest absolute Gasteiger partial charge is 0.259 e. The van der Waals surface area contributed by atoms with Gasteiger partial charge in [-0.3, -0.25) is 4.79 Å². The SMILES string of the molecule is C[C@H](CO)N1C[C@H](C)[C@H](CN(C)CC2CCOCC2)Oc2ncc(C#Cc3ccc(F)cc3)cc2C1=O. The Kier molecular flexibility index (Phi) is 9.14. The zero-order valence-electron chi connectivity index (χ0n) is 21.8. The fourth-order valence-corrected chi connectivity index (χ4v) is 4.82. The van der Waals surface area contributed by atoms with E-state index < -0.39 is 0 Å². The average molecular weight is 510 g/mol. The molecule has 0 spiro atoms. The summed E-state index contributed by atoms with van der Waals surface area (Å²) in [6.45, 7) is 7.52. The first kappa shape index (κ1) is 27.1. The van der Waals surface area contributed by atoms with Crippen LogP contribution < -0.4 is 4.74 Å². The van der Waals surface area contributed by atoms with E-state index in [9.17, 15) is 14.3 Å². The number of amides is 1. The maximum Gasteiger partial charge on any atom is 0.259 e. The first-order valence-corrected chi connectivity index (χ1v) is 13.0. The van der Waals surface area contributed by atoms with Gasteiger partial charge in [0.25, 0.3) is 5.91 Å². The lowest BCUT2D eigenvalue weighted by atomic mass is 9.97. The van der Waals surface area contributed by atoms with Gasteiger partial charge in [0.05, 0.1) is 12.6 Å². The summed E-state index contributed by atoms with van der Waals surface area (Å²) in [6, 6.07) is 7.26. The molecule has 2 aromatic rings. The lowest BCUT2D eigenvalue weighted by molar-refractivity contribution is 0.0254. The molecule has 0 bridgehead atoms. The predicted octanol–water partition coefficient (Wildman–Crippen LogP) is 3.20. The molecular formula is C29H36FN3O4. The van der Waals surface area contributed by atoms with Gasteiger partial charge in [0, 0.05) is 56.1 Å². The number of rotatable bonds is 6. The second-order valence-electron chi connectivity index (χ2n) is 10.2. The Morgan fingerprint density at radius 2 is 1.89 bits per heavy atom. The lowest BCUT2D eigenvalue weighted by Crippen LogP contribution is -2.50. The third kappa shape index (κ3) is 7.07. The van der Waals surface area contributed by atoms with Crippen LogP contribution in [-0.4, -0.2) is 84.4 Å². The van der Waals surface area contributed by atoms with Crippen molar-refractivity contribution in [2.75, 3.05) is 46.5 Å². The van der Waals surface area contributed by atoms with E-state index in [4.69, 9.17) is 9.47 Å². The summed E-state index contributed by atoms with van der Waals surface area (Å²) in [7, 11) is 2.10. The maximum absolute atomic E-state index is 13.6. The molecule has 8 heteroatoms. The fourth-order valence-electron chi connectivity index (χ4n) is 4.82. The van der Waals surface area contributed by atoms with Gasteiger partial charge in [0.1, 0.15) is 17.5 Å². The molecule has 2 aliphatic rings. The maximum atomic E-state index is 13.6. The quantitative estimate of drug-likeness (QED) is 0.603. The Hall–Kier alpha value is -2.99. The van der Waals surface area contributed by atoms with Gasteiger partial charge in [0.15, 0.2) is 0 Å². The minimum absolute atomic E-state index is 0.0305. The number of aromatic nitrogens is 1. The second kappa shape index (κ2) is 12.5. The minimum atomic E-state index is -0.351. The summed E-state index contributed by atoms with van der Waals surface area (Å²) >= 11 is 0. The van der Waals surface area contributed by atoms with Crippen LogP contribution >= 0.6 is 0 Å². The van der Waals surface area contributed by atoms with Crippen molar-refractivity contribution in [2.45, 2.75) is 38.8 Å². The number of carbonyl (C=O) groups is 1. The topological polar surface area (TPSA) is 75.1 Å². The third-order valence-electron chi connectivity index (χ3n) is 7.12. The number of pyridine rings is 1. The predicted molar refractivity (Wildman–Crippen MR) is 139 cm³/mol. The van der Waals surface area contributed by atoms with Crippen LogP contribution in [0.4, 0.5) is 4.39 Å². The van der Waals surface area contributed by atoms with Crippen molar-refractivity contribution < 1.29 is 23.8 Å². The first-order valence-electron chi connectivity index (χ1n) is 13.0. The van der Waals surface area contributed by atoms with Crippen molar-refractivity contribution in [3.05, 3.63) is 59.0 Å². The largest absolute Gasteiger partial charge is 0.472 e. The zero-order chi connectivity index (χ0) is 26.4. The van der Waals surface area contributed by atoms with Crippen LogP contribution in [0.2, 0.25) is 0 Å². The summed E-state index contributed by atoms with van der Waals surface area (Å²) in [4.78, 5) is 22.1. The third-order valence-corrected chi connectivity index (χ3v) is 7.12. The molecule has 0 aliphatic carbocycles. The van der Waals surface area contributed by atoms with Gasteiger partial charge < -0.3 is 24.4 Å². The van der Waals surface area contributed by atoms with Crippen molar-refractivity contribution in [1.82, 2.24) is 14.8 Å². The van der Waals surface area contributed by atoms with Gasteiger partial charge in [0.2, 0.25) is 5.88 Å². The van der Waals surface area contributed by atoms with E-state index in [1.54, 1.807) is 29.3 Å². The molecule has 3 heterocycles. The molecule has 7 nitrogen and oxygen atoms in total. The highest BCUT2D eigenvalue weighted by Crippen LogP contribution is 2.27. The second-order valence-corrected chi connectivity index (χ2v) is 10.2. The summed E-state index contributed by atoms with van der Waals surface area (Å²) in [6.07, 6.45) is 3.54. The van der Waals surface area contributed by atoms with Crippen LogP contribution in [-0.2, 0) is 4.74 Å². The standard InChI is InChI=1S/C29H36FN3O4/c1-20-16-33(21(2)19-34)29(35)26-14-24(5-4-22-6-8-25(30)9-7-22)15-31-28(26)37-27(20)18-32(3)17-23-10-12-36-13-11-23/h6-9,14-15,20-21,23,27,34H,10-13,16-19H2,1-3H3/t20-,21+,27-/m0/s1. The van der Waals surface area contributed by atoms with Gasteiger partial charge in [-0.25, -0.2) is 9.37 Å². The summed E-state index contributed by atoms with van der Waals surface area (Å²) in [5.41, 5.74) is 1.54. The lowest BCUT2D eigenvalue weighted by Gasteiger charge is -2.38. The van der Waals surface area contributed by atoms with Crippen molar-refractivity contribution in [1.29, 1.82) is 0 Å². The number of benzene rings is 1. The Balaban J connectivity index is 1.59. The first-order chi connectivity index (χ1) is 17.8. The zero-order valence-corrected chi connectivity index (χ0v) is 21.8. The molecule has 1 aromatic carbocycles. The van der Waals surface area contributed by atoms with E-state index in [0.29, 0.717) is 35.7 Å². The molecule has 1 fully saturated rings. The number of aliphatic hydroxyl groups excluding tert-OH is 1. The average Bonchev–Trinajstić information content (AvgIpc) is 2.90. The molecule has 0 saturated carbocycles. The van der Waals surface area contributed by atoms with E-state index in [1.165, 1.54) is 12.1 Å². The van der Waals surface area contributed by atoms with Gasteiger partial charge in [-0.1, -0.05) is 18.8 Å². The van der Waals surface area contributed by atoms with E-state index in [1.807, 2.05) is 6.92 Å². The molecule has 1 amide bonds. The van der Waals surface area contributed by atoms with Gasteiger partial charge in [-0.15, -0.1) is 0 Å². The van der Waals surface area contributed by atoms with Gasteiger partial charge in [-0.2, -0.15) is 0 Å². The molecule has 0 unspecified atom stereocenters.